The van der Waals surface area contributed by atoms with E-state index in [2.05, 4.69) is 10.6 Å². The predicted molar refractivity (Wildman–Crippen MR) is 71.5 cm³/mol. The fourth-order valence-electron chi connectivity index (χ4n) is 1.75. The fourth-order valence-corrected chi connectivity index (χ4v) is 1.75. The van der Waals surface area contributed by atoms with Crippen molar-refractivity contribution in [1.82, 2.24) is 15.5 Å². The van der Waals surface area contributed by atoms with Gasteiger partial charge in [0.05, 0.1) is 0 Å². The Morgan fingerprint density at radius 1 is 1.25 bits per heavy atom. The summed E-state index contributed by atoms with van der Waals surface area (Å²) >= 11 is 0. The maximum Gasteiger partial charge on any atom is 0.331 e. The Kier molecular flexibility index (Phi) is 3.94. The van der Waals surface area contributed by atoms with E-state index in [9.17, 15) is 19.2 Å². The minimum Gasteiger partial charge on any atom is -0.350 e. The number of urea groups is 1. The van der Waals surface area contributed by atoms with Crippen LogP contribution in [0.1, 0.15) is 41.5 Å². The molecule has 0 saturated carbocycles. The van der Waals surface area contributed by atoms with Gasteiger partial charge in [0.15, 0.2) is 0 Å². The first-order chi connectivity index (χ1) is 8.88. The molecule has 1 saturated heterocycles. The molecule has 7 heteroatoms. The lowest BCUT2D eigenvalue weighted by Gasteiger charge is -2.37. The molecular formula is C13H21N3O4. The van der Waals surface area contributed by atoms with Crippen LogP contribution in [0.25, 0.3) is 0 Å². The second-order valence-corrected chi connectivity index (χ2v) is 6.47. The molecule has 0 aromatic rings. The minimum atomic E-state index is -1.37. The van der Waals surface area contributed by atoms with Gasteiger partial charge in [0.1, 0.15) is 11.5 Å². The molecule has 1 unspecified atom stereocenters. The van der Waals surface area contributed by atoms with E-state index in [1.165, 1.54) is 20.8 Å². The summed E-state index contributed by atoms with van der Waals surface area (Å²) in [4.78, 5) is 48.5. The first kappa shape index (κ1) is 16.1. The van der Waals surface area contributed by atoms with Gasteiger partial charge in [-0.05, 0) is 41.5 Å². The number of nitrogens with zero attached hydrogens (tertiary/aromatic N) is 1. The third kappa shape index (κ3) is 2.97. The molecule has 112 valence electrons. The van der Waals surface area contributed by atoms with Crippen molar-refractivity contribution in [3.63, 3.8) is 0 Å². The van der Waals surface area contributed by atoms with E-state index in [0.29, 0.717) is 0 Å². The molecule has 5 amide bonds. The van der Waals surface area contributed by atoms with Gasteiger partial charge in [0.2, 0.25) is 17.7 Å². The second-order valence-electron chi connectivity index (χ2n) is 6.47. The molecule has 20 heavy (non-hydrogen) atoms. The van der Waals surface area contributed by atoms with Crippen LogP contribution in [0.3, 0.4) is 0 Å². The molecule has 1 fully saturated rings. The molecule has 1 aliphatic heterocycles. The van der Waals surface area contributed by atoms with Crippen LogP contribution in [0.5, 0.6) is 0 Å². The Morgan fingerprint density at radius 3 is 2.20 bits per heavy atom. The van der Waals surface area contributed by atoms with Gasteiger partial charge in [-0.3, -0.25) is 24.6 Å². The largest absolute Gasteiger partial charge is 0.350 e. The average molecular weight is 283 g/mol. The van der Waals surface area contributed by atoms with Crippen LogP contribution in [0.15, 0.2) is 0 Å². The van der Waals surface area contributed by atoms with Gasteiger partial charge in [0, 0.05) is 5.54 Å². The molecule has 1 aliphatic rings. The number of hydrogen-bond donors (Lipinski definition) is 2. The smallest absolute Gasteiger partial charge is 0.331 e. The third-order valence-electron chi connectivity index (χ3n) is 3.03. The molecule has 0 aromatic carbocycles. The molecular weight excluding hydrogens is 262 g/mol. The number of imide groups is 2. The number of amides is 5. The van der Waals surface area contributed by atoms with Crippen LogP contribution in [-0.2, 0) is 14.4 Å². The van der Waals surface area contributed by atoms with Crippen molar-refractivity contribution in [1.29, 1.82) is 0 Å². The summed E-state index contributed by atoms with van der Waals surface area (Å²) in [7, 11) is 0. The van der Waals surface area contributed by atoms with Crippen LogP contribution < -0.4 is 10.6 Å². The van der Waals surface area contributed by atoms with E-state index < -0.39 is 40.7 Å². The first-order valence-corrected chi connectivity index (χ1v) is 6.39. The number of carbonyl (C=O) groups is 4. The Bertz CT molecular complexity index is 476. The van der Waals surface area contributed by atoms with Crippen molar-refractivity contribution in [2.24, 2.45) is 5.41 Å². The van der Waals surface area contributed by atoms with Crippen LogP contribution in [0.4, 0.5) is 4.79 Å². The monoisotopic (exact) mass is 283 g/mol. The summed E-state index contributed by atoms with van der Waals surface area (Å²) in [6.45, 7) is 9.66. The molecule has 0 spiro atoms. The molecule has 7 nitrogen and oxygen atoms in total. The Morgan fingerprint density at radius 2 is 1.75 bits per heavy atom. The first-order valence-electron chi connectivity index (χ1n) is 6.39. The second kappa shape index (κ2) is 4.88. The van der Waals surface area contributed by atoms with Gasteiger partial charge in [-0.15, -0.1) is 0 Å². The molecule has 1 heterocycles. The SMILES string of the molecule is CC(C(=O)NC(C)(C)C)N1C(=O)NC(=O)C(C)(C)C1=O. The Balaban J connectivity index is 3.00. The topological polar surface area (TPSA) is 95.6 Å². The highest BCUT2D eigenvalue weighted by atomic mass is 16.2. The van der Waals surface area contributed by atoms with Gasteiger partial charge < -0.3 is 5.32 Å². The molecule has 0 aliphatic carbocycles. The molecule has 1 atom stereocenters. The van der Waals surface area contributed by atoms with Crippen molar-refractivity contribution in [2.75, 3.05) is 0 Å². The quantitative estimate of drug-likeness (QED) is 0.717. The normalized spacial score (nSPS) is 20.5. The third-order valence-corrected chi connectivity index (χ3v) is 3.03. The molecule has 0 radical (unpaired) electrons. The van der Waals surface area contributed by atoms with E-state index in [1.807, 2.05) is 0 Å². The lowest BCUT2D eigenvalue weighted by atomic mass is 9.88. The maximum atomic E-state index is 12.2. The fraction of sp³-hybridized carbons (Fsp3) is 0.692. The zero-order valence-corrected chi connectivity index (χ0v) is 12.7. The summed E-state index contributed by atoms with van der Waals surface area (Å²) in [5.74, 6) is -1.79. The van der Waals surface area contributed by atoms with Crippen molar-refractivity contribution in [2.45, 2.75) is 53.1 Å². The average Bonchev–Trinajstić information content (AvgIpc) is 2.24. The zero-order chi connectivity index (χ0) is 15.9. The highest BCUT2D eigenvalue weighted by Gasteiger charge is 2.49. The summed E-state index contributed by atoms with van der Waals surface area (Å²) in [6.07, 6.45) is 0. The number of carbonyl (C=O) groups excluding carboxylic acids is 4. The summed E-state index contributed by atoms with van der Waals surface area (Å²) < 4.78 is 0. The summed E-state index contributed by atoms with van der Waals surface area (Å²) in [5.41, 5.74) is -1.85. The molecule has 0 aromatic heterocycles. The lowest BCUT2D eigenvalue weighted by Crippen LogP contribution is -2.66. The van der Waals surface area contributed by atoms with Crippen molar-refractivity contribution in [3.05, 3.63) is 0 Å². The molecule has 0 bridgehead atoms. The van der Waals surface area contributed by atoms with E-state index in [0.717, 1.165) is 4.90 Å². The standard InChI is InChI=1S/C13H21N3O4/c1-7(8(17)15-12(2,3)4)16-10(19)13(5,6)9(18)14-11(16)20/h7H,1-6H3,(H,15,17)(H,14,18,20). The number of barbiturate groups is 1. The van der Waals surface area contributed by atoms with Crippen molar-refractivity contribution in [3.8, 4) is 0 Å². The van der Waals surface area contributed by atoms with Gasteiger partial charge in [-0.2, -0.15) is 0 Å². The Hall–Kier alpha value is -1.92. The maximum absolute atomic E-state index is 12.2. The van der Waals surface area contributed by atoms with Crippen LogP contribution in [0, 0.1) is 5.41 Å². The van der Waals surface area contributed by atoms with Gasteiger partial charge in [-0.1, -0.05) is 0 Å². The van der Waals surface area contributed by atoms with Gasteiger partial charge >= 0.3 is 6.03 Å². The molecule has 2 N–H and O–H groups in total. The van der Waals surface area contributed by atoms with E-state index in [-0.39, 0.29) is 0 Å². The zero-order valence-electron chi connectivity index (χ0n) is 12.7. The van der Waals surface area contributed by atoms with Gasteiger partial charge in [-0.25, -0.2) is 4.79 Å². The lowest BCUT2D eigenvalue weighted by molar-refractivity contribution is -0.153. The number of hydrogen-bond acceptors (Lipinski definition) is 4. The van der Waals surface area contributed by atoms with Crippen molar-refractivity contribution >= 4 is 23.8 Å². The van der Waals surface area contributed by atoms with E-state index in [1.54, 1.807) is 20.8 Å². The number of rotatable bonds is 2. The van der Waals surface area contributed by atoms with Crippen LogP contribution in [-0.4, -0.2) is 40.2 Å². The molecule has 1 rings (SSSR count). The van der Waals surface area contributed by atoms with E-state index in [4.69, 9.17) is 0 Å². The highest BCUT2D eigenvalue weighted by Crippen LogP contribution is 2.25. The van der Waals surface area contributed by atoms with Crippen LogP contribution >= 0.6 is 0 Å². The summed E-state index contributed by atoms with van der Waals surface area (Å²) in [5, 5.41) is 4.79. The minimum absolute atomic E-state index is 0.453. The van der Waals surface area contributed by atoms with Crippen LogP contribution in [0.2, 0.25) is 0 Å². The van der Waals surface area contributed by atoms with Gasteiger partial charge in [0.25, 0.3) is 0 Å². The Labute approximate surface area is 118 Å². The highest BCUT2D eigenvalue weighted by molar-refractivity contribution is 6.19. The number of nitrogens with one attached hydrogen (secondary N) is 2. The predicted octanol–water partition coefficient (Wildman–Crippen LogP) is 0.394. The van der Waals surface area contributed by atoms with Crippen molar-refractivity contribution < 1.29 is 19.2 Å². The summed E-state index contributed by atoms with van der Waals surface area (Å²) in [6, 6.07) is -1.86. The van der Waals surface area contributed by atoms with E-state index >= 15 is 0 Å².